The molecule has 0 radical (unpaired) electrons. The summed E-state index contributed by atoms with van der Waals surface area (Å²) in [5, 5.41) is 15.4. The molecule has 4 rings (SSSR count). The Labute approximate surface area is 214 Å². The molecule has 6 heteroatoms. The third-order valence-electron chi connectivity index (χ3n) is 7.38. The highest BCUT2D eigenvalue weighted by Crippen LogP contribution is 2.38. The van der Waals surface area contributed by atoms with Gasteiger partial charge in [0.15, 0.2) is 0 Å². The van der Waals surface area contributed by atoms with E-state index < -0.39 is 0 Å². The molecular weight excluding hydrogens is 454 g/mol. The average molecular weight is 494 g/mol. The van der Waals surface area contributed by atoms with Crippen LogP contribution in [0.5, 0.6) is 11.5 Å². The van der Waals surface area contributed by atoms with Crippen molar-refractivity contribution in [3.05, 3.63) is 82.0 Å². The van der Waals surface area contributed by atoms with Gasteiger partial charge in [-0.25, -0.2) is 0 Å². The van der Waals surface area contributed by atoms with Gasteiger partial charge in [-0.05, 0) is 87.7 Å². The molecule has 1 aliphatic heterocycles. The van der Waals surface area contributed by atoms with Gasteiger partial charge in [-0.15, -0.1) is 11.3 Å². The summed E-state index contributed by atoms with van der Waals surface area (Å²) in [5.41, 5.74) is 2.45. The molecule has 0 amide bonds. The van der Waals surface area contributed by atoms with Crippen molar-refractivity contribution in [1.82, 2.24) is 15.1 Å². The van der Waals surface area contributed by atoms with Crippen LogP contribution in [0.1, 0.15) is 41.4 Å². The number of nitrogens with zero attached hydrogens (tertiary/aromatic N) is 2. The number of phenolic OH excluding ortho intramolecular Hbond substituents is 1. The second kappa shape index (κ2) is 12.0. The van der Waals surface area contributed by atoms with Crippen LogP contribution in [0.2, 0.25) is 0 Å². The van der Waals surface area contributed by atoms with Crippen LogP contribution in [0, 0.1) is 0 Å². The average Bonchev–Trinajstić information content (AvgIpc) is 3.41. The fourth-order valence-electron chi connectivity index (χ4n) is 5.20. The molecule has 2 N–H and O–H groups in total. The highest BCUT2D eigenvalue weighted by Gasteiger charge is 2.38. The first-order valence-corrected chi connectivity index (χ1v) is 13.5. The number of hydrogen-bond donors (Lipinski definition) is 2. The standard InChI is InChI=1S/C29H39N3O2S/c1-30-17-13-27(28-12-7-21-35-28)34-26-11-5-4-8-23(26)14-18-32-19-15-29(16-20-32,31(2)3)24-9-6-10-25(33)22-24/h4-12,21-22,27,30,33H,13-20H2,1-3H3. The van der Waals surface area contributed by atoms with E-state index in [1.165, 1.54) is 16.0 Å². The van der Waals surface area contributed by atoms with Gasteiger partial charge in [0, 0.05) is 36.5 Å². The Hall–Kier alpha value is -2.38. The predicted octanol–water partition coefficient (Wildman–Crippen LogP) is 5.28. The maximum absolute atomic E-state index is 10.1. The topological polar surface area (TPSA) is 48.0 Å². The summed E-state index contributed by atoms with van der Waals surface area (Å²) in [6, 6.07) is 20.6. The van der Waals surface area contributed by atoms with E-state index in [0.29, 0.717) is 5.75 Å². The van der Waals surface area contributed by atoms with Crippen LogP contribution in [0.15, 0.2) is 66.0 Å². The summed E-state index contributed by atoms with van der Waals surface area (Å²) in [4.78, 5) is 6.18. The molecule has 1 fully saturated rings. The molecule has 35 heavy (non-hydrogen) atoms. The number of rotatable bonds is 11. The van der Waals surface area contributed by atoms with E-state index in [9.17, 15) is 5.11 Å². The van der Waals surface area contributed by atoms with Crippen LogP contribution in [-0.4, -0.2) is 62.2 Å². The van der Waals surface area contributed by atoms with E-state index in [2.05, 4.69) is 77.1 Å². The van der Waals surface area contributed by atoms with Crippen molar-refractivity contribution in [2.45, 2.75) is 37.3 Å². The van der Waals surface area contributed by atoms with Gasteiger partial charge in [-0.1, -0.05) is 36.4 Å². The minimum atomic E-state index is -0.0303. The fourth-order valence-corrected chi connectivity index (χ4v) is 5.99. The summed E-state index contributed by atoms with van der Waals surface area (Å²) in [6.45, 7) is 4.02. The van der Waals surface area contributed by atoms with Crippen LogP contribution in [0.25, 0.3) is 0 Å². The molecule has 3 aromatic rings. The van der Waals surface area contributed by atoms with Gasteiger partial charge >= 0.3 is 0 Å². The van der Waals surface area contributed by atoms with Crippen molar-refractivity contribution in [3.8, 4) is 11.5 Å². The zero-order valence-corrected chi connectivity index (χ0v) is 22.1. The molecule has 0 saturated carbocycles. The van der Waals surface area contributed by atoms with E-state index in [1.54, 1.807) is 17.4 Å². The van der Waals surface area contributed by atoms with Crippen molar-refractivity contribution in [2.75, 3.05) is 47.3 Å². The first-order chi connectivity index (χ1) is 17.0. The second-order valence-electron chi connectivity index (χ2n) is 9.69. The lowest BCUT2D eigenvalue weighted by Gasteiger charge is -2.46. The van der Waals surface area contributed by atoms with E-state index in [-0.39, 0.29) is 11.6 Å². The fraction of sp³-hybridized carbons (Fsp3) is 0.448. The molecule has 1 saturated heterocycles. The number of piperidine rings is 1. The van der Waals surface area contributed by atoms with Crippen molar-refractivity contribution in [3.63, 3.8) is 0 Å². The monoisotopic (exact) mass is 493 g/mol. The third-order valence-corrected chi connectivity index (χ3v) is 8.34. The van der Waals surface area contributed by atoms with Gasteiger partial charge in [0.05, 0.1) is 0 Å². The van der Waals surface area contributed by atoms with Crippen molar-refractivity contribution in [1.29, 1.82) is 0 Å². The quantitative estimate of drug-likeness (QED) is 0.381. The highest BCUT2D eigenvalue weighted by molar-refractivity contribution is 7.10. The molecule has 1 aromatic heterocycles. The molecule has 1 aliphatic rings. The minimum Gasteiger partial charge on any atom is -0.508 e. The third kappa shape index (κ3) is 6.25. The summed E-state index contributed by atoms with van der Waals surface area (Å²) in [7, 11) is 6.31. The molecule has 0 aliphatic carbocycles. The summed E-state index contributed by atoms with van der Waals surface area (Å²) in [6.07, 6.45) is 4.08. The summed E-state index contributed by atoms with van der Waals surface area (Å²) >= 11 is 1.76. The number of para-hydroxylation sites is 1. The molecule has 0 bridgehead atoms. The van der Waals surface area contributed by atoms with Crippen LogP contribution in [-0.2, 0) is 12.0 Å². The van der Waals surface area contributed by atoms with E-state index in [1.807, 2.05) is 19.2 Å². The Kier molecular flexibility index (Phi) is 8.84. The van der Waals surface area contributed by atoms with Gasteiger partial charge in [0.25, 0.3) is 0 Å². The van der Waals surface area contributed by atoms with Crippen LogP contribution >= 0.6 is 11.3 Å². The number of hydrogen-bond acceptors (Lipinski definition) is 6. The number of nitrogens with one attached hydrogen (secondary N) is 1. The number of aromatic hydroxyl groups is 1. The smallest absolute Gasteiger partial charge is 0.134 e. The number of phenols is 1. The second-order valence-corrected chi connectivity index (χ2v) is 10.7. The zero-order chi connectivity index (χ0) is 24.7. The lowest BCUT2D eigenvalue weighted by molar-refractivity contribution is 0.0541. The SMILES string of the molecule is CNCCC(Oc1ccccc1CCN1CCC(c2cccc(O)c2)(N(C)C)CC1)c1cccs1. The Balaban J connectivity index is 1.39. The lowest BCUT2D eigenvalue weighted by Crippen LogP contribution is -2.50. The summed E-state index contributed by atoms with van der Waals surface area (Å²) < 4.78 is 6.59. The molecule has 0 spiro atoms. The molecule has 5 nitrogen and oxygen atoms in total. The molecule has 188 valence electrons. The molecule has 1 unspecified atom stereocenters. The van der Waals surface area contributed by atoms with Gasteiger partial charge in [-0.3, -0.25) is 4.90 Å². The van der Waals surface area contributed by atoms with Crippen molar-refractivity contribution in [2.24, 2.45) is 0 Å². The van der Waals surface area contributed by atoms with E-state index in [0.717, 1.165) is 57.6 Å². The Morgan fingerprint density at radius 1 is 1.09 bits per heavy atom. The van der Waals surface area contributed by atoms with Gasteiger partial charge in [0.2, 0.25) is 0 Å². The number of benzene rings is 2. The molecular formula is C29H39N3O2S. The predicted molar refractivity (Wildman–Crippen MR) is 146 cm³/mol. The minimum absolute atomic E-state index is 0.0303. The number of likely N-dealkylation sites (tertiary alicyclic amines) is 1. The largest absolute Gasteiger partial charge is 0.508 e. The van der Waals surface area contributed by atoms with Gasteiger partial charge < -0.3 is 20.1 Å². The van der Waals surface area contributed by atoms with E-state index in [4.69, 9.17) is 4.74 Å². The normalized spacial score (nSPS) is 16.9. The maximum Gasteiger partial charge on any atom is 0.134 e. The highest BCUT2D eigenvalue weighted by atomic mass is 32.1. The Morgan fingerprint density at radius 3 is 2.57 bits per heavy atom. The first kappa shape index (κ1) is 25.7. The number of thiophene rings is 1. The van der Waals surface area contributed by atoms with Gasteiger partial charge in [0.1, 0.15) is 17.6 Å². The Morgan fingerprint density at radius 2 is 1.89 bits per heavy atom. The van der Waals surface area contributed by atoms with Crippen LogP contribution < -0.4 is 10.1 Å². The van der Waals surface area contributed by atoms with Crippen molar-refractivity contribution < 1.29 is 9.84 Å². The van der Waals surface area contributed by atoms with E-state index >= 15 is 0 Å². The zero-order valence-electron chi connectivity index (χ0n) is 21.2. The van der Waals surface area contributed by atoms with Gasteiger partial charge in [-0.2, -0.15) is 0 Å². The summed E-state index contributed by atoms with van der Waals surface area (Å²) in [5.74, 6) is 1.35. The lowest BCUT2D eigenvalue weighted by atomic mass is 9.79. The maximum atomic E-state index is 10.1. The first-order valence-electron chi connectivity index (χ1n) is 12.6. The molecule has 2 aromatic carbocycles. The Bertz CT molecular complexity index is 1050. The van der Waals surface area contributed by atoms with Crippen LogP contribution in [0.3, 0.4) is 0 Å². The number of ether oxygens (including phenoxy) is 1. The van der Waals surface area contributed by atoms with Crippen molar-refractivity contribution >= 4 is 11.3 Å². The van der Waals surface area contributed by atoms with Crippen LogP contribution in [0.4, 0.5) is 0 Å². The molecule has 2 heterocycles. The molecule has 1 atom stereocenters.